The Morgan fingerprint density at radius 1 is 1.05 bits per heavy atom. The van der Waals surface area contributed by atoms with Gasteiger partial charge >= 0.3 is 0 Å². The minimum atomic E-state index is -1.06. The van der Waals surface area contributed by atoms with E-state index in [1.165, 1.54) is 6.07 Å². The van der Waals surface area contributed by atoms with Crippen LogP contribution in [-0.2, 0) is 0 Å². The molecule has 1 amide bonds. The zero-order valence-corrected chi connectivity index (χ0v) is 11.3. The van der Waals surface area contributed by atoms with Crippen molar-refractivity contribution in [1.82, 2.24) is 10.2 Å². The lowest BCUT2D eigenvalue weighted by atomic mass is 10.1. The molecular formula is C16H11F2N3O. The molecule has 0 aliphatic carbocycles. The maximum Gasteiger partial charge on any atom is 0.255 e. The first kappa shape index (κ1) is 13.9. The minimum absolute atomic E-state index is 0.0471. The number of hydrogen-bond acceptors (Lipinski definition) is 2. The molecule has 110 valence electrons. The third-order valence-electron chi connectivity index (χ3n) is 3.11. The van der Waals surface area contributed by atoms with E-state index in [4.69, 9.17) is 0 Å². The minimum Gasteiger partial charge on any atom is -0.322 e. The molecule has 0 spiro atoms. The highest BCUT2D eigenvalue weighted by molar-refractivity contribution is 6.04. The molecule has 0 bridgehead atoms. The fourth-order valence-corrected chi connectivity index (χ4v) is 2.02. The van der Waals surface area contributed by atoms with Crippen LogP contribution in [0.1, 0.15) is 10.4 Å². The predicted molar refractivity (Wildman–Crippen MR) is 78.3 cm³/mol. The number of benzene rings is 2. The third-order valence-corrected chi connectivity index (χ3v) is 3.11. The van der Waals surface area contributed by atoms with Crippen molar-refractivity contribution >= 4 is 11.6 Å². The van der Waals surface area contributed by atoms with Crippen LogP contribution in [0.15, 0.2) is 54.7 Å². The summed E-state index contributed by atoms with van der Waals surface area (Å²) >= 11 is 0. The van der Waals surface area contributed by atoms with Gasteiger partial charge < -0.3 is 5.32 Å². The average Bonchev–Trinajstić information content (AvgIpc) is 3.04. The van der Waals surface area contributed by atoms with Crippen LogP contribution in [0.25, 0.3) is 11.3 Å². The number of carbonyl (C=O) groups is 1. The van der Waals surface area contributed by atoms with E-state index >= 15 is 0 Å². The van der Waals surface area contributed by atoms with Gasteiger partial charge in [-0.3, -0.25) is 9.89 Å². The number of hydrogen-bond donors (Lipinski definition) is 2. The van der Waals surface area contributed by atoms with E-state index in [9.17, 15) is 13.6 Å². The van der Waals surface area contributed by atoms with Gasteiger partial charge in [0.25, 0.3) is 5.91 Å². The lowest BCUT2D eigenvalue weighted by Crippen LogP contribution is -2.12. The van der Waals surface area contributed by atoms with Crippen LogP contribution in [0.5, 0.6) is 0 Å². The summed E-state index contributed by atoms with van der Waals surface area (Å²) in [6, 6.07) is 11.9. The van der Waals surface area contributed by atoms with Crippen molar-refractivity contribution < 1.29 is 13.6 Å². The Labute approximate surface area is 124 Å². The van der Waals surface area contributed by atoms with Crippen LogP contribution < -0.4 is 5.32 Å². The molecule has 3 aromatic rings. The first-order valence-electron chi connectivity index (χ1n) is 6.50. The maximum atomic E-state index is 13.2. The molecule has 4 nitrogen and oxygen atoms in total. The number of halogens is 2. The summed E-state index contributed by atoms with van der Waals surface area (Å²) < 4.78 is 26.0. The normalized spacial score (nSPS) is 10.5. The van der Waals surface area contributed by atoms with Crippen LogP contribution >= 0.6 is 0 Å². The molecule has 3 rings (SSSR count). The number of aromatic amines is 1. The van der Waals surface area contributed by atoms with Gasteiger partial charge in [-0.25, -0.2) is 8.78 Å². The highest BCUT2D eigenvalue weighted by Crippen LogP contribution is 2.21. The van der Waals surface area contributed by atoms with Crippen molar-refractivity contribution in [2.75, 3.05) is 5.32 Å². The summed E-state index contributed by atoms with van der Waals surface area (Å²) in [4.78, 5) is 12.1. The van der Waals surface area contributed by atoms with Crippen molar-refractivity contribution in [3.8, 4) is 11.3 Å². The second-order valence-electron chi connectivity index (χ2n) is 4.63. The van der Waals surface area contributed by atoms with Crippen molar-refractivity contribution in [2.24, 2.45) is 0 Å². The second kappa shape index (κ2) is 5.77. The summed E-state index contributed by atoms with van der Waals surface area (Å²) in [5.41, 5.74) is 2.25. The molecule has 0 saturated carbocycles. The quantitative estimate of drug-likeness (QED) is 0.776. The summed E-state index contributed by atoms with van der Waals surface area (Å²) in [5, 5.41) is 9.34. The molecule has 0 atom stereocenters. The standard InChI is InChI=1S/C16H11F2N3O/c17-13-5-4-11(9-14(13)18)16(22)20-12-3-1-2-10(8-12)15-6-7-19-21-15/h1-9H,(H,19,21)(H,20,22). The highest BCUT2D eigenvalue weighted by Gasteiger charge is 2.10. The molecule has 6 heteroatoms. The summed E-state index contributed by atoms with van der Waals surface area (Å²) in [5.74, 6) is -2.56. The SMILES string of the molecule is O=C(Nc1cccc(-c2ccn[nH]2)c1)c1ccc(F)c(F)c1. The molecule has 0 unspecified atom stereocenters. The van der Waals surface area contributed by atoms with E-state index < -0.39 is 17.5 Å². The Hall–Kier alpha value is -3.02. The second-order valence-corrected chi connectivity index (χ2v) is 4.63. The zero-order chi connectivity index (χ0) is 15.5. The molecule has 0 aliphatic rings. The van der Waals surface area contributed by atoms with Gasteiger partial charge in [-0.05, 0) is 36.4 Å². The van der Waals surface area contributed by atoms with Crippen molar-refractivity contribution in [3.05, 3.63) is 71.9 Å². The van der Waals surface area contributed by atoms with Gasteiger partial charge in [0, 0.05) is 23.0 Å². The number of nitrogens with one attached hydrogen (secondary N) is 2. The van der Waals surface area contributed by atoms with Crippen molar-refractivity contribution in [1.29, 1.82) is 0 Å². The van der Waals surface area contributed by atoms with Crippen LogP contribution in [0.2, 0.25) is 0 Å². The zero-order valence-electron chi connectivity index (χ0n) is 11.3. The molecule has 2 N–H and O–H groups in total. The third kappa shape index (κ3) is 2.85. The van der Waals surface area contributed by atoms with Gasteiger partial charge in [-0.15, -0.1) is 0 Å². The Bertz CT molecular complexity index is 816. The van der Waals surface area contributed by atoms with Crippen LogP contribution in [0, 0.1) is 11.6 Å². The van der Waals surface area contributed by atoms with Gasteiger partial charge in [0.15, 0.2) is 11.6 Å². The van der Waals surface area contributed by atoms with E-state index in [-0.39, 0.29) is 5.56 Å². The van der Waals surface area contributed by atoms with E-state index in [1.807, 2.05) is 6.07 Å². The van der Waals surface area contributed by atoms with Crippen LogP contribution in [-0.4, -0.2) is 16.1 Å². The fraction of sp³-hybridized carbons (Fsp3) is 0. The summed E-state index contributed by atoms with van der Waals surface area (Å²) in [7, 11) is 0. The first-order chi connectivity index (χ1) is 10.6. The topological polar surface area (TPSA) is 57.8 Å². The van der Waals surface area contributed by atoms with Crippen molar-refractivity contribution in [3.63, 3.8) is 0 Å². The Morgan fingerprint density at radius 2 is 1.91 bits per heavy atom. The number of rotatable bonds is 3. The molecule has 1 heterocycles. The smallest absolute Gasteiger partial charge is 0.255 e. The summed E-state index contributed by atoms with van der Waals surface area (Å²) in [6.45, 7) is 0. The molecule has 0 fully saturated rings. The van der Waals surface area contributed by atoms with Gasteiger partial charge in [-0.2, -0.15) is 5.10 Å². The number of carbonyl (C=O) groups excluding carboxylic acids is 1. The molecule has 0 aliphatic heterocycles. The number of amides is 1. The number of aromatic nitrogens is 2. The predicted octanol–water partition coefficient (Wildman–Crippen LogP) is 3.61. The lowest BCUT2D eigenvalue weighted by Gasteiger charge is -2.07. The van der Waals surface area contributed by atoms with Crippen molar-refractivity contribution in [2.45, 2.75) is 0 Å². The van der Waals surface area contributed by atoms with E-state index in [2.05, 4.69) is 15.5 Å². The average molecular weight is 299 g/mol. The first-order valence-corrected chi connectivity index (χ1v) is 6.50. The highest BCUT2D eigenvalue weighted by atomic mass is 19.2. The fourth-order valence-electron chi connectivity index (χ4n) is 2.02. The Morgan fingerprint density at radius 3 is 2.64 bits per heavy atom. The summed E-state index contributed by atoms with van der Waals surface area (Å²) in [6.07, 6.45) is 1.63. The molecule has 0 radical (unpaired) electrons. The van der Waals surface area contributed by atoms with E-state index in [1.54, 1.807) is 30.5 Å². The molecule has 0 saturated heterocycles. The van der Waals surface area contributed by atoms with E-state index in [0.717, 1.165) is 23.4 Å². The molecule has 1 aromatic heterocycles. The van der Waals surface area contributed by atoms with Gasteiger partial charge in [0.2, 0.25) is 0 Å². The molecular weight excluding hydrogens is 288 g/mol. The molecule has 22 heavy (non-hydrogen) atoms. The Balaban J connectivity index is 1.82. The van der Waals surface area contributed by atoms with Crippen LogP contribution in [0.3, 0.4) is 0 Å². The van der Waals surface area contributed by atoms with E-state index in [0.29, 0.717) is 5.69 Å². The number of nitrogens with zero attached hydrogens (tertiary/aromatic N) is 1. The molecule has 2 aromatic carbocycles. The monoisotopic (exact) mass is 299 g/mol. The largest absolute Gasteiger partial charge is 0.322 e. The number of H-pyrrole nitrogens is 1. The van der Waals surface area contributed by atoms with Gasteiger partial charge in [0.1, 0.15) is 0 Å². The lowest BCUT2D eigenvalue weighted by molar-refractivity contribution is 0.102. The van der Waals surface area contributed by atoms with Crippen LogP contribution in [0.4, 0.5) is 14.5 Å². The Kier molecular flexibility index (Phi) is 3.65. The van der Waals surface area contributed by atoms with Gasteiger partial charge in [0.05, 0.1) is 5.69 Å². The van der Waals surface area contributed by atoms with Gasteiger partial charge in [-0.1, -0.05) is 12.1 Å². The number of anilines is 1. The maximum absolute atomic E-state index is 13.2.